The molecule has 98 valence electrons. The first-order valence-electron chi connectivity index (χ1n) is 5.83. The molecular formula is C13H18N2O3. The molecule has 2 N–H and O–H groups in total. The molecule has 0 aromatic heterocycles. The number of hydrogen-bond acceptors (Lipinski definition) is 3. The van der Waals surface area contributed by atoms with Gasteiger partial charge in [0.15, 0.2) is 0 Å². The number of nitrogens with zero attached hydrogens (tertiary/aromatic N) is 1. The van der Waals surface area contributed by atoms with E-state index in [2.05, 4.69) is 5.32 Å². The molecule has 0 aliphatic heterocycles. The zero-order valence-corrected chi connectivity index (χ0v) is 10.6. The molecular weight excluding hydrogens is 232 g/mol. The molecule has 5 nitrogen and oxygen atoms in total. The molecule has 0 aliphatic carbocycles. The van der Waals surface area contributed by atoms with Gasteiger partial charge in [0.25, 0.3) is 0 Å². The maximum absolute atomic E-state index is 11.8. The Hall–Kier alpha value is -2.04. The van der Waals surface area contributed by atoms with Crippen molar-refractivity contribution in [3.05, 3.63) is 30.3 Å². The lowest BCUT2D eigenvalue weighted by Crippen LogP contribution is -2.44. The fourth-order valence-electron chi connectivity index (χ4n) is 1.65. The van der Waals surface area contributed by atoms with Gasteiger partial charge in [-0.3, -0.25) is 4.79 Å². The molecule has 1 amide bonds. The highest BCUT2D eigenvalue weighted by Gasteiger charge is 2.24. The van der Waals surface area contributed by atoms with Gasteiger partial charge in [-0.05, 0) is 18.6 Å². The number of benzene rings is 1. The molecule has 0 bridgehead atoms. The molecule has 0 saturated carbocycles. The summed E-state index contributed by atoms with van der Waals surface area (Å²) in [6, 6.07) is 8.54. The van der Waals surface area contributed by atoms with Gasteiger partial charge in [0.1, 0.15) is 6.04 Å². The number of carbonyl (C=O) groups excluding carboxylic acids is 1. The minimum Gasteiger partial charge on any atom is -0.480 e. The summed E-state index contributed by atoms with van der Waals surface area (Å²) < 4.78 is 0. The zero-order chi connectivity index (χ0) is 13.5. The highest BCUT2D eigenvalue weighted by Crippen LogP contribution is 2.06. The molecule has 18 heavy (non-hydrogen) atoms. The van der Waals surface area contributed by atoms with E-state index in [9.17, 15) is 9.59 Å². The van der Waals surface area contributed by atoms with E-state index in [1.54, 1.807) is 6.92 Å². The number of anilines is 1. The van der Waals surface area contributed by atoms with E-state index in [4.69, 9.17) is 5.11 Å². The molecule has 0 spiro atoms. The van der Waals surface area contributed by atoms with Crippen LogP contribution in [0, 0.1) is 0 Å². The predicted octanol–water partition coefficient (Wildman–Crippen LogP) is 1.42. The van der Waals surface area contributed by atoms with Crippen molar-refractivity contribution < 1.29 is 14.7 Å². The maximum atomic E-state index is 11.8. The summed E-state index contributed by atoms with van der Waals surface area (Å²) in [5.41, 5.74) is 0.836. The summed E-state index contributed by atoms with van der Waals surface area (Å²) in [7, 11) is 1.51. The van der Waals surface area contributed by atoms with Gasteiger partial charge in [-0.25, -0.2) is 4.79 Å². The van der Waals surface area contributed by atoms with Gasteiger partial charge in [-0.15, -0.1) is 0 Å². The Morgan fingerprint density at radius 2 is 1.94 bits per heavy atom. The van der Waals surface area contributed by atoms with E-state index in [1.165, 1.54) is 11.9 Å². The molecule has 1 aromatic carbocycles. The minimum absolute atomic E-state index is 0.0876. The lowest BCUT2D eigenvalue weighted by Gasteiger charge is -2.24. The SMILES string of the molecule is CCC(C(=O)O)N(C)C(=O)CNc1ccccc1. The number of aliphatic carboxylic acids is 1. The predicted molar refractivity (Wildman–Crippen MR) is 69.4 cm³/mol. The summed E-state index contributed by atoms with van der Waals surface area (Å²) in [6.07, 6.45) is 0.392. The molecule has 1 unspecified atom stereocenters. The zero-order valence-electron chi connectivity index (χ0n) is 10.6. The van der Waals surface area contributed by atoms with Crippen LogP contribution < -0.4 is 5.32 Å². The standard InChI is InChI=1S/C13H18N2O3/c1-3-11(13(17)18)15(2)12(16)9-14-10-7-5-4-6-8-10/h4-8,11,14H,3,9H2,1-2H3,(H,17,18). The third kappa shape index (κ3) is 3.76. The van der Waals surface area contributed by atoms with Crippen LogP contribution in [-0.2, 0) is 9.59 Å². The Morgan fingerprint density at radius 1 is 1.33 bits per heavy atom. The fourth-order valence-corrected chi connectivity index (χ4v) is 1.65. The van der Waals surface area contributed by atoms with Crippen molar-refractivity contribution in [3.63, 3.8) is 0 Å². The van der Waals surface area contributed by atoms with Crippen LogP contribution in [0.5, 0.6) is 0 Å². The number of para-hydroxylation sites is 1. The number of nitrogens with one attached hydrogen (secondary N) is 1. The van der Waals surface area contributed by atoms with Crippen LogP contribution in [0.3, 0.4) is 0 Å². The highest BCUT2D eigenvalue weighted by molar-refractivity contribution is 5.86. The number of rotatable bonds is 6. The van der Waals surface area contributed by atoms with Crippen molar-refractivity contribution in [2.24, 2.45) is 0 Å². The van der Waals surface area contributed by atoms with E-state index in [0.717, 1.165) is 5.69 Å². The lowest BCUT2D eigenvalue weighted by molar-refractivity contribution is -0.148. The second-order valence-corrected chi connectivity index (χ2v) is 3.99. The summed E-state index contributed by atoms with van der Waals surface area (Å²) in [4.78, 5) is 24.0. The van der Waals surface area contributed by atoms with Crippen LogP contribution in [0.25, 0.3) is 0 Å². The Kier molecular flexibility index (Phi) is 5.17. The van der Waals surface area contributed by atoms with E-state index < -0.39 is 12.0 Å². The van der Waals surface area contributed by atoms with Crippen LogP contribution in [-0.4, -0.2) is 41.5 Å². The lowest BCUT2D eigenvalue weighted by atomic mass is 10.2. The monoisotopic (exact) mass is 250 g/mol. The van der Waals surface area contributed by atoms with Crippen LogP contribution in [0.1, 0.15) is 13.3 Å². The quantitative estimate of drug-likeness (QED) is 0.801. The Morgan fingerprint density at radius 3 is 2.44 bits per heavy atom. The normalized spacial score (nSPS) is 11.7. The number of carboxylic acids is 1. The molecule has 1 aromatic rings. The number of hydrogen-bond donors (Lipinski definition) is 2. The average molecular weight is 250 g/mol. The smallest absolute Gasteiger partial charge is 0.326 e. The molecule has 0 aliphatic rings. The van der Waals surface area contributed by atoms with Crippen molar-refractivity contribution in [1.29, 1.82) is 0 Å². The van der Waals surface area contributed by atoms with E-state index in [0.29, 0.717) is 6.42 Å². The first-order valence-corrected chi connectivity index (χ1v) is 5.83. The van der Waals surface area contributed by atoms with Gasteiger partial charge in [0, 0.05) is 12.7 Å². The topological polar surface area (TPSA) is 69.6 Å². The summed E-state index contributed by atoms with van der Waals surface area (Å²) in [5.74, 6) is -1.22. The number of carboxylic acid groups (broad SMARTS) is 1. The largest absolute Gasteiger partial charge is 0.480 e. The van der Waals surface area contributed by atoms with Crippen molar-refractivity contribution >= 4 is 17.6 Å². The molecule has 0 radical (unpaired) electrons. The third-order valence-electron chi connectivity index (χ3n) is 2.75. The van der Waals surface area contributed by atoms with Crippen molar-refractivity contribution in [2.45, 2.75) is 19.4 Å². The van der Waals surface area contributed by atoms with Gasteiger partial charge in [-0.1, -0.05) is 25.1 Å². The summed E-state index contributed by atoms with van der Waals surface area (Å²) in [6.45, 7) is 1.83. The number of carbonyl (C=O) groups is 2. The molecule has 0 heterocycles. The van der Waals surface area contributed by atoms with Gasteiger partial charge in [-0.2, -0.15) is 0 Å². The molecule has 1 rings (SSSR count). The third-order valence-corrected chi connectivity index (χ3v) is 2.75. The first kappa shape index (κ1) is 14.0. The van der Waals surface area contributed by atoms with E-state index in [1.807, 2.05) is 30.3 Å². The van der Waals surface area contributed by atoms with Gasteiger partial charge in [0.05, 0.1) is 6.54 Å². The Balaban J connectivity index is 2.52. The van der Waals surface area contributed by atoms with Crippen molar-refractivity contribution in [3.8, 4) is 0 Å². The first-order chi connectivity index (χ1) is 8.56. The van der Waals surface area contributed by atoms with Gasteiger partial charge >= 0.3 is 5.97 Å². The molecule has 5 heteroatoms. The second-order valence-electron chi connectivity index (χ2n) is 3.99. The number of amides is 1. The maximum Gasteiger partial charge on any atom is 0.326 e. The van der Waals surface area contributed by atoms with Gasteiger partial charge < -0.3 is 15.3 Å². The van der Waals surface area contributed by atoms with Crippen LogP contribution in [0.15, 0.2) is 30.3 Å². The Labute approximate surface area is 106 Å². The highest BCUT2D eigenvalue weighted by atomic mass is 16.4. The van der Waals surface area contributed by atoms with Crippen LogP contribution >= 0.6 is 0 Å². The fraction of sp³-hybridized carbons (Fsp3) is 0.385. The number of likely N-dealkylation sites (N-methyl/N-ethyl adjacent to an activating group) is 1. The van der Waals surface area contributed by atoms with Crippen LogP contribution in [0.4, 0.5) is 5.69 Å². The summed E-state index contributed by atoms with van der Waals surface area (Å²) in [5, 5.41) is 11.9. The Bertz CT molecular complexity index is 406. The van der Waals surface area contributed by atoms with Gasteiger partial charge in [0.2, 0.25) is 5.91 Å². The van der Waals surface area contributed by atoms with Crippen LogP contribution in [0.2, 0.25) is 0 Å². The summed E-state index contributed by atoms with van der Waals surface area (Å²) >= 11 is 0. The molecule has 1 atom stereocenters. The van der Waals surface area contributed by atoms with E-state index >= 15 is 0 Å². The van der Waals surface area contributed by atoms with E-state index in [-0.39, 0.29) is 12.5 Å². The minimum atomic E-state index is -0.979. The second kappa shape index (κ2) is 6.64. The average Bonchev–Trinajstić information content (AvgIpc) is 2.37. The molecule has 0 fully saturated rings. The molecule has 0 saturated heterocycles. The van der Waals surface area contributed by atoms with Crippen molar-refractivity contribution in [1.82, 2.24) is 4.90 Å². The van der Waals surface area contributed by atoms with Crippen molar-refractivity contribution in [2.75, 3.05) is 18.9 Å².